The minimum atomic E-state index is -0.474. The maximum atomic E-state index is 10.6. The first-order valence-electron chi connectivity index (χ1n) is 6.42. The number of fused-ring (bicyclic) bond motifs is 1. The summed E-state index contributed by atoms with van der Waals surface area (Å²) in [7, 11) is 0. The van der Waals surface area contributed by atoms with E-state index in [0.29, 0.717) is 5.92 Å². The highest BCUT2D eigenvalue weighted by molar-refractivity contribution is 5.35. The van der Waals surface area contributed by atoms with Crippen molar-refractivity contribution in [2.24, 2.45) is 5.92 Å². The Kier molecular flexibility index (Phi) is 3.34. The van der Waals surface area contributed by atoms with Crippen LogP contribution in [0.2, 0.25) is 0 Å². The lowest BCUT2D eigenvalue weighted by molar-refractivity contribution is 0.0267. The molecule has 1 heteroatoms. The zero-order chi connectivity index (χ0) is 11.6. The topological polar surface area (TPSA) is 20.2 Å². The molecule has 1 aromatic carbocycles. The lowest BCUT2D eigenvalue weighted by Crippen LogP contribution is -2.31. The van der Waals surface area contributed by atoms with Gasteiger partial charge in [-0.25, -0.2) is 0 Å². The minimum Gasteiger partial charge on any atom is -0.389 e. The molecule has 0 fully saturated rings. The Labute approximate surface area is 98.5 Å². The van der Waals surface area contributed by atoms with Crippen LogP contribution in [0.3, 0.4) is 0 Å². The molecule has 1 N–H and O–H groups in total. The van der Waals surface area contributed by atoms with E-state index in [1.165, 1.54) is 24.0 Å². The summed E-state index contributed by atoms with van der Waals surface area (Å²) in [5.74, 6) is 0.629. The van der Waals surface area contributed by atoms with Gasteiger partial charge in [-0.05, 0) is 23.5 Å². The van der Waals surface area contributed by atoms with Gasteiger partial charge in [0.05, 0.1) is 5.60 Å². The molecular weight excluding hydrogens is 196 g/mol. The molecule has 1 aliphatic rings. The van der Waals surface area contributed by atoms with Gasteiger partial charge in [0.1, 0.15) is 0 Å². The van der Waals surface area contributed by atoms with Crippen LogP contribution in [-0.4, -0.2) is 10.7 Å². The molecule has 0 saturated carbocycles. The monoisotopic (exact) mass is 218 g/mol. The third kappa shape index (κ3) is 2.46. The van der Waals surface area contributed by atoms with Crippen LogP contribution >= 0.6 is 0 Å². The summed E-state index contributed by atoms with van der Waals surface area (Å²) in [5, 5.41) is 10.6. The minimum absolute atomic E-state index is 0.474. The fourth-order valence-corrected chi connectivity index (χ4v) is 3.06. The maximum Gasteiger partial charge on any atom is 0.0730 e. The molecule has 0 aromatic heterocycles. The molecule has 0 saturated heterocycles. The molecular formula is C15H22O. The number of rotatable bonds is 4. The van der Waals surface area contributed by atoms with Crippen LogP contribution in [0.1, 0.15) is 44.2 Å². The predicted molar refractivity (Wildman–Crippen MR) is 67.5 cm³/mol. The Hall–Kier alpha value is -0.820. The molecule has 0 bridgehead atoms. The largest absolute Gasteiger partial charge is 0.389 e. The van der Waals surface area contributed by atoms with Crippen molar-refractivity contribution in [2.45, 2.75) is 51.6 Å². The quantitative estimate of drug-likeness (QED) is 0.821. The summed E-state index contributed by atoms with van der Waals surface area (Å²) in [5.41, 5.74) is 2.21. The van der Waals surface area contributed by atoms with Gasteiger partial charge in [-0.15, -0.1) is 0 Å². The average molecular weight is 218 g/mol. The van der Waals surface area contributed by atoms with Gasteiger partial charge in [0.25, 0.3) is 0 Å². The lowest BCUT2D eigenvalue weighted by Gasteiger charge is -2.25. The van der Waals surface area contributed by atoms with Gasteiger partial charge in [0.15, 0.2) is 0 Å². The summed E-state index contributed by atoms with van der Waals surface area (Å²) in [6.45, 7) is 4.47. The van der Waals surface area contributed by atoms with E-state index in [-0.39, 0.29) is 0 Å². The number of aliphatic hydroxyl groups is 1. The Balaban J connectivity index is 2.03. The van der Waals surface area contributed by atoms with E-state index in [4.69, 9.17) is 0 Å². The zero-order valence-corrected chi connectivity index (χ0v) is 10.4. The van der Waals surface area contributed by atoms with Crippen molar-refractivity contribution >= 4 is 0 Å². The molecule has 0 aliphatic heterocycles. The fourth-order valence-electron chi connectivity index (χ4n) is 3.06. The smallest absolute Gasteiger partial charge is 0.0730 e. The van der Waals surface area contributed by atoms with Crippen LogP contribution in [0.4, 0.5) is 0 Å². The van der Waals surface area contributed by atoms with Crippen molar-refractivity contribution in [3.05, 3.63) is 35.4 Å². The Morgan fingerprint density at radius 3 is 2.31 bits per heavy atom. The van der Waals surface area contributed by atoms with E-state index in [1.54, 1.807) is 0 Å². The van der Waals surface area contributed by atoms with E-state index in [9.17, 15) is 5.11 Å². The van der Waals surface area contributed by atoms with Crippen LogP contribution in [0.25, 0.3) is 0 Å². The molecule has 88 valence electrons. The summed E-state index contributed by atoms with van der Waals surface area (Å²) < 4.78 is 0. The molecule has 1 atom stereocenters. The molecule has 0 heterocycles. The highest BCUT2D eigenvalue weighted by Gasteiger charge is 2.35. The molecule has 16 heavy (non-hydrogen) atoms. The van der Waals surface area contributed by atoms with Gasteiger partial charge in [0.2, 0.25) is 0 Å². The Morgan fingerprint density at radius 1 is 1.25 bits per heavy atom. The van der Waals surface area contributed by atoms with E-state index in [1.807, 2.05) is 0 Å². The standard InChI is InChI=1S/C15H22O/c1-3-6-12(2)9-15(16)10-13-7-4-5-8-14(13)11-15/h4-5,7-8,12,16H,3,6,9-11H2,1-2H3. The molecule has 2 rings (SSSR count). The normalized spacial score (nSPS) is 19.4. The summed E-state index contributed by atoms with van der Waals surface area (Å²) in [6, 6.07) is 8.44. The van der Waals surface area contributed by atoms with Gasteiger partial charge in [-0.1, -0.05) is 51.0 Å². The highest BCUT2D eigenvalue weighted by Crippen LogP contribution is 2.35. The summed E-state index contributed by atoms with van der Waals surface area (Å²) in [4.78, 5) is 0. The predicted octanol–water partition coefficient (Wildman–Crippen LogP) is 3.34. The Morgan fingerprint density at radius 2 is 1.81 bits per heavy atom. The number of hydrogen-bond acceptors (Lipinski definition) is 1. The van der Waals surface area contributed by atoms with Gasteiger partial charge in [0, 0.05) is 12.8 Å². The highest BCUT2D eigenvalue weighted by atomic mass is 16.3. The van der Waals surface area contributed by atoms with Crippen molar-refractivity contribution in [1.29, 1.82) is 0 Å². The maximum absolute atomic E-state index is 10.6. The van der Waals surface area contributed by atoms with Crippen molar-refractivity contribution in [2.75, 3.05) is 0 Å². The van der Waals surface area contributed by atoms with Crippen LogP contribution in [0, 0.1) is 5.92 Å². The van der Waals surface area contributed by atoms with E-state index in [2.05, 4.69) is 38.1 Å². The van der Waals surface area contributed by atoms with E-state index >= 15 is 0 Å². The molecule has 1 nitrogen and oxygen atoms in total. The molecule has 0 amide bonds. The SMILES string of the molecule is CCCC(C)CC1(O)Cc2ccccc2C1. The van der Waals surface area contributed by atoms with Gasteiger partial charge in [-0.2, -0.15) is 0 Å². The number of hydrogen-bond donors (Lipinski definition) is 1. The first kappa shape index (κ1) is 11.7. The van der Waals surface area contributed by atoms with Crippen molar-refractivity contribution in [3.8, 4) is 0 Å². The molecule has 1 unspecified atom stereocenters. The Bertz CT molecular complexity index is 331. The molecule has 1 aliphatic carbocycles. The zero-order valence-electron chi connectivity index (χ0n) is 10.4. The van der Waals surface area contributed by atoms with Gasteiger partial charge >= 0.3 is 0 Å². The first-order chi connectivity index (χ1) is 7.63. The second kappa shape index (κ2) is 4.58. The van der Waals surface area contributed by atoms with Gasteiger partial charge < -0.3 is 5.11 Å². The molecule has 0 radical (unpaired) electrons. The summed E-state index contributed by atoms with van der Waals surface area (Å²) >= 11 is 0. The van der Waals surface area contributed by atoms with Crippen LogP contribution < -0.4 is 0 Å². The second-order valence-electron chi connectivity index (χ2n) is 5.44. The van der Waals surface area contributed by atoms with E-state index in [0.717, 1.165) is 19.3 Å². The third-order valence-electron chi connectivity index (χ3n) is 3.67. The van der Waals surface area contributed by atoms with E-state index < -0.39 is 5.60 Å². The molecule has 0 spiro atoms. The third-order valence-corrected chi connectivity index (χ3v) is 3.67. The lowest BCUT2D eigenvalue weighted by atomic mass is 9.87. The van der Waals surface area contributed by atoms with Crippen molar-refractivity contribution in [1.82, 2.24) is 0 Å². The average Bonchev–Trinajstić information content (AvgIpc) is 2.53. The van der Waals surface area contributed by atoms with Crippen molar-refractivity contribution in [3.63, 3.8) is 0 Å². The first-order valence-corrected chi connectivity index (χ1v) is 6.42. The van der Waals surface area contributed by atoms with Gasteiger partial charge in [-0.3, -0.25) is 0 Å². The van der Waals surface area contributed by atoms with Crippen LogP contribution in [0.5, 0.6) is 0 Å². The van der Waals surface area contributed by atoms with Crippen LogP contribution in [0.15, 0.2) is 24.3 Å². The second-order valence-corrected chi connectivity index (χ2v) is 5.44. The molecule has 1 aromatic rings. The number of benzene rings is 1. The fraction of sp³-hybridized carbons (Fsp3) is 0.600. The van der Waals surface area contributed by atoms with Crippen LogP contribution in [-0.2, 0) is 12.8 Å². The van der Waals surface area contributed by atoms with Crippen molar-refractivity contribution < 1.29 is 5.11 Å². The summed E-state index contributed by atoms with van der Waals surface area (Å²) in [6.07, 6.45) is 5.06.